The molecule has 0 bridgehead atoms. The van der Waals surface area contributed by atoms with Crippen molar-refractivity contribution in [3.8, 4) is 0 Å². The first-order valence-electron chi connectivity index (χ1n) is 5.53. The number of rotatable bonds is 0. The fourth-order valence-corrected chi connectivity index (χ4v) is 10.8. The van der Waals surface area contributed by atoms with Crippen molar-refractivity contribution in [1.82, 2.24) is 0 Å². The van der Waals surface area contributed by atoms with E-state index < -0.39 is 22.2 Å². The maximum atomic E-state index is 12.9. The minimum Gasteiger partial charge on any atom is -0.166 e. The Balaban J connectivity index is 1.83. The van der Waals surface area contributed by atoms with Gasteiger partial charge in [-0.1, -0.05) is 70.6 Å². The van der Waals surface area contributed by atoms with Crippen LogP contribution < -0.4 is 0 Å². The van der Waals surface area contributed by atoms with Crippen molar-refractivity contribution < 1.29 is 26.3 Å². The Morgan fingerprint density at radius 2 is 0.917 bits per heavy atom. The highest BCUT2D eigenvalue weighted by Gasteiger charge is 2.51. The number of allylic oxidation sites excluding steroid dienone is 2. The highest BCUT2D eigenvalue weighted by molar-refractivity contribution is 8.49. The molecule has 0 aromatic rings. The van der Waals surface area contributed by atoms with Crippen LogP contribution in [-0.2, 0) is 0 Å². The minimum absolute atomic E-state index is 0.0164. The first-order valence-corrected chi connectivity index (χ1v) is 11.3. The van der Waals surface area contributed by atoms with Crippen LogP contribution in [0.3, 0.4) is 0 Å². The summed E-state index contributed by atoms with van der Waals surface area (Å²) < 4.78 is 80.9. The van der Waals surface area contributed by atoms with Gasteiger partial charge >= 0.3 is 12.4 Å². The van der Waals surface area contributed by atoms with Crippen LogP contribution in [0.15, 0.2) is 35.2 Å². The highest BCUT2D eigenvalue weighted by Crippen LogP contribution is 2.71. The summed E-state index contributed by atoms with van der Waals surface area (Å²) in [6.07, 6.45) is -10.1. The Morgan fingerprint density at radius 3 is 1.25 bits per heavy atom. The molecule has 0 aromatic carbocycles. The van der Waals surface area contributed by atoms with E-state index in [1.165, 1.54) is 47.0 Å². The third-order valence-electron chi connectivity index (χ3n) is 2.37. The van der Waals surface area contributed by atoms with Crippen molar-refractivity contribution in [3.05, 3.63) is 35.2 Å². The van der Waals surface area contributed by atoms with E-state index in [0.29, 0.717) is 8.47 Å². The van der Waals surface area contributed by atoms with E-state index in [1.807, 2.05) is 0 Å². The van der Waals surface area contributed by atoms with Gasteiger partial charge in [0.2, 0.25) is 0 Å². The Morgan fingerprint density at radius 1 is 0.583 bits per heavy atom. The Kier molecular flexibility index (Phi) is 5.91. The zero-order chi connectivity index (χ0) is 17.9. The average Bonchev–Trinajstić information content (AvgIpc) is 3.08. The number of thioether (sulfide) groups is 6. The molecule has 0 saturated heterocycles. The van der Waals surface area contributed by atoms with E-state index in [4.69, 9.17) is 0 Å². The standard InChI is InChI=1S/C10H2F6S8/c11-9(12,13)1-2(10(14,15)16)20-5(19-1)6-23-7-8(24-6)22-4(21-7)3(17)18/h17-18H. The highest BCUT2D eigenvalue weighted by atomic mass is 32.3. The van der Waals surface area contributed by atoms with Crippen LogP contribution in [0, 0.1) is 0 Å². The van der Waals surface area contributed by atoms with Crippen LogP contribution in [0.5, 0.6) is 0 Å². The molecule has 0 saturated carbocycles. The minimum atomic E-state index is -5.03. The molecule has 3 rings (SSSR count). The summed E-state index contributed by atoms with van der Waals surface area (Å²) in [6.45, 7) is 0. The van der Waals surface area contributed by atoms with Crippen LogP contribution in [0.25, 0.3) is 0 Å². The fraction of sp³-hybridized carbons (Fsp3) is 0.200. The maximum absolute atomic E-state index is 12.9. The predicted molar refractivity (Wildman–Crippen MR) is 104 cm³/mol. The first kappa shape index (κ1) is 20.1. The number of hydrogen-bond acceptors (Lipinski definition) is 8. The third kappa shape index (κ3) is 4.09. The van der Waals surface area contributed by atoms with Crippen molar-refractivity contribution in [2.24, 2.45) is 0 Å². The zero-order valence-corrected chi connectivity index (χ0v) is 17.3. The van der Waals surface area contributed by atoms with Gasteiger partial charge in [-0.05, 0) is 0 Å². The van der Waals surface area contributed by atoms with E-state index in [0.717, 1.165) is 12.7 Å². The molecule has 3 aliphatic rings. The van der Waals surface area contributed by atoms with Gasteiger partial charge < -0.3 is 0 Å². The van der Waals surface area contributed by atoms with Gasteiger partial charge in [-0.2, -0.15) is 26.3 Å². The summed E-state index contributed by atoms with van der Waals surface area (Å²) in [4.78, 5) is -3.19. The molecule has 0 aliphatic carbocycles. The molecule has 24 heavy (non-hydrogen) atoms. The second-order valence-electron chi connectivity index (χ2n) is 4.03. The summed E-state index contributed by atoms with van der Waals surface area (Å²) in [5.74, 6) is 0. The van der Waals surface area contributed by atoms with Gasteiger partial charge in [-0.25, -0.2) is 0 Å². The lowest BCUT2D eigenvalue weighted by atomic mass is 10.4. The fourth-order valence-electron chi connectivity index (χ4n) is 1.52. The lowest BCUT2D eigenvalue weighted by molar-refractivity contribution is -0.103. The van der Waals surface area contributed by atoms with Crippen molar-refractivity contribution in [3.63, 3.8) is 0 Å². The van der Waals surface area contributed by atoms with E-state index in [1.54, 1.807) is 0 Å². The van der Waals surface area contributed by atoms with E-state index in [2.05, 4.69) is 25.3 Å². The summed E-state index contributed by atoms with van der Waals surface area (Å²) in [7, 11) is 0. The molecule has 132 valence electrons. The molecule has 0 aromatic heterocycles. The molecule has 3 heterocycles. The van der Waals surface area contributed by atoms with E-state index in [9.17, 15) is 26.3 Å². The van der Waals surface area contributed by atoms with Gasteiger partial charge in [0.05, 0.1) is 25.4 Å². The lowest BCUT2D eigenvalue weighted by Crippen LogP contribution is -2.16. The second-order valence-corrected chi connectivity index (χ2v) is 12.7. The maximum Gasteiger partial charge on any atom is 0.423 e. The Hall–Kier alpha value is 1.34. The van der Waals surface area contributed by atoms with Crippen LogP contribution in [-0.4, -0.2) is 12.4 Å². The van der Waals surface area contributed by atoms with Gasteiger partial charge in [-0.3, -0.25) is 0 Å². The van der Waals surface area contributed by atoms with Crippen molar-refractivity contribution in [1.29, 1.82) is 0 Å². The monoisotopic (exact) mass is 492 g/mol. The topological polar surface area (TPSA) is 0 Å². The number of alkyl halides is 6. The summed E-state index contributed by atoms with van der Waals surface area (Å²) in [5, 5.41) is 0. The molecule has 0 fully saturated rings. The zero-order valence-electron chi connectivity index (χ0n) is 10.6. The predicted octanol–water partition coefficient (Wildman–Crippen LogP) is 8.00. The molecule has 0 amide bonds. The molecule has 0 N–H and O–H groups in total. The summed E-state index contributed by atoms with van der Waals surface area (Å²) in [6, 6.07) is 0. The van der Waals surface area contributed by atoms with Crippen molar-refractivity contribution in [2.45, 2.75) is 12.4 Å². The number of thiol groups is 2. The van der Waals surface area contributed by atoms with Crippen molar-refractivity contribution in [2.75, 3.05) is 0 Å². The average molecular weight is 493 g/mol. The Labute approximate surface area is 168 Å². The smallest absolute Gasteiger partial charge is 0.166 e. The largest absolute Gasteiger partial charge is 0.423 e. The third-order valence-corrected chi connectivity index (χ3v) is 12.3. The van der Waals surface area contributed by atoms with Crippen LogP contribution in [0.4, 0.5) is 26.3 Å². The molecule has 14 heteroatoms. The second kappa shape index (κ2) is 7.06. The van der Waals surface area contributed by atoms with Crippen LogP contribution in [0.2, 0.25) is 0 Å². The quantitative estimate of drug-likeness (QED) is 0.258. The van der Waals surface area contributed by atoms with Gasteiger partial charge in [0, 0.05) is 0 Å². The SMILES string of the molecule is FC(F)(F)C1=C(C(F)(F)F)SC(=C2SC3=C(SC(=C(S)S)S3)S2)S1. The molecule has 0 unspecified atom stereocenters. The molecular weight excluding hydrogens is 491 g/mol. The van der Waals surface area contributed by atoms with E-state index >= 15 is 0 Å². The van der Waals surface area contributed by atoms with Crippen LogP contribution in [0.1, 0.15) is 0 Å². The van der Waals surface area contributed by atoms with Gasteiger partial charge in [-0.15, -0.1) is 25.3 Å². The molecule has 0 spiro atoms. The van der Waals surface area contributed by atoms with Crippen molar-refractivity contribution >= 4 is 95.8 Å². The van der Waals surface area contributed by atoms with E-state index in [-0.39, 0.29) is 27.8 Å². The van der Waals surface area contributed by atoms with Crippen LogP contribution >= 0.6 is 95.8 Å². The van der Waals surface area contributed by atoms with Gasteiger partial charge in [0.15, 0.2) is 0 Å². The number of halogens is 6. The summed E-state index contributed by atoms with van der Waals surface area (Å²) in [5.41, 5.74) is 0. The van der Waals surface area contributed by atoms with Gasteiger partial charge in [0.25, 0.3) is 0 Å². The Bertz CT molecular complexity index is 671. The molecule has 0 radical (unpaired) electrons. The molecule has 0 atom stereocenters. The lowest BCUT2D eigenvalue weighted by Gasteiger charge is -2.10. The van der Waals surface area contributed by atoms with Gasteiger partial charge in [0.1, 0.15) is 9.81 Å². The molecule has 3 aliphatic heterocycles. The number of hydrogen-bond donors (Lipinski definition) is 2. The normalized spacial score (nSPS) is 22.2. The molecular formula is C10H2F6S8. The summed E-state index contributed by atoms with van der Waals surface area (Å²) >= 11 is 13.6. The first-order chi connectivity index (χ1) is 11.0. The molecule has 0 nitrogen and oxygen atoms in total.